The molecule has 0 aromatic carbocycles. The van der Waals surface area contributed by atoms with Crippen LogP contribution in [0.1, 0.15) is 24.5 Å². The van der Waals surface area contributed by atoms with E-state index in [9.17, 15) is 14.7 Å². The van der Waals surface area contributed by atoms with Crippen LogP contribution in [0.25, 0.3) is 0 Å². The van der Waals surface area contributed by atoms with Gasteiger partial charge in [-0.15, -0.1) is 0 Å². The molecule has 0 amide bonds. The zero-order chi connectivity index (χ0) is 18.0. The minimum absolute atomic E-state index is 0.0513. The predicted octanol–water partition coefficient (Wildman–Crippen LogP) is 0.0135. The number of thiocarbonyl (C=S) groups is 1. The van der Waals surface area contributed by atoms with Gasteiger partial charge in [0.25, 0.3) is 5.56 Å². The number of rotatable bonds is 5. The Morgan fingerprint density at radius 2 is 2.24 bits per heavy atom. The summed E-state index contributed by atoms with van der Waals surface area (Å²) < 4.78 is 1.87. The Morgan fingerprint density at radius 3 is 2.96 bits per heavy atom. The summed E-state index contributed by atoms with van der Waals surface area (Å²) in [5.41, 5.74) is 1.10. The molecule has 0 unspecified atom stereocenters. The highest BCUT2D eigenvalue weighted by atomic mass is 32.2. The Labute approximate surface area is 156 Å². The van der Waals surface area contributed by atoms with Gasteiger partial charge in [-0.2, -0.15) is 11.8 Å². The number of piperidine rings is 1. The highest BCUT2D eigenvalue weighted by molar-refractivity contribution is 7.98. The molecule has 0 spiro atoms. The van der Waals surface area contributed by atoms with Crippen LogP contribution in [-0.4, -0.2) is 51.7 Å². The van der Waals surface area contributed by atoms with Crippen molar-refractivity contribution in [3.05, 3.63) is 34.2 Å². The Bertz CT molecular complexity index is 721. The fourth-order valence-corrected chi connectivity index (χ4v) is 4.55. The molecule has 1 saturated heterocycles. The van der Waals surface area contributed by atoms with Crippen molar-refractivity contribution in [3.8, 4) is 0 Å². The lowest BCUT2D eigenvalue weighted by atomic mass is 9.83. The zero-order valence-corrected chi connectivity index (χ0v) is 15.8. The number of carboxylic acids is 1. The maximum Gasteiger partial charge on any atom is 0.250 e. The number of thioether (sulfide) groups is 1. The van der Waals surface area contributed by atoms with Gasteiger partial charge in [-0.25, -0.2) is 0 Å². The fourth-order valence-electron chi connectivity index (χ4n) is 3.79. The highest BCUT2D eigenvalue weighted by Gasteiger charge is 2.35. The highest BCUT2D eigenvalue weighted by Crippen LogP contribution is 2.34. The van der Waals surface area contributed by atoms with Crippen LogP contribution in [0, 0.1) is 5.92 Å². The number of aliphatic carboxylic acids is 1. The van der Waals surface area contributed by atoms with Crippen LogP contribution in [0.15, 0.2) is 23.0 Å². The summed E-state index contributed by atoms with van der Waals surface area (Å²) in [6.45, 7) is 2.14. The van der Waals surface area contributed by atoms with Crippen LogP contribution in [0.3, 0.4) is 0 Å². The van der Waals surface area contributed by atoms with Crippen LogP contribution in [0.2, 0.25) is 0 Å². The van der Waals surface area contributed by atoms with Gasteiger partial charge in [0, 0.05) is 37.3 Å². The number of carboxylic acid groups (broad SMARTS) is 1. The Balaban J connectivity index is 1.70. The standard InChI is InChI=1S/C17H23N3O3S2/c1-25-6-5-13(16(22)23)18-17(24)19-8-11-7-12(10-19)14-3-2-4-15(21)20(14)9-11/h2-4,11-13H,5-10H2,1H3,(H,18,24)(H,22,23)/p-1/t11-,12+,13-/m0/s1. The number of nitrogens with zero attached hydrogens (tertiary/aromatic N) is 2. The summed E-state index contributed by atoms with van der Waals surface area (Å²) in [4.78, 5) is 25.4. The van der Waals surface area contributed by atoms with Gasteiger partial charge in [-0.3, -0.25) is 4.79 Å². The van der Waals surface area contributed by atoms with E-state index in [-0.39, 0.29) is 11.5 Å². The monoisotopic (exact) mass is 380 g/mol. The SMILES string of the molecule is CSCC[C@H](NC(=S)N1C[C@@H]2C[C@H](C1)c1cccc(=O)n1C2)C(=O)[O-]. The first-order valence-electron chi connectivity index (χ1n) is 8.44. The summed E-state index contributed by atoms with van der Waals surface area (Å²) in [6, 6.07) is 4.64. The van der Waals surface area contributed by atoms with Gasteiger partial charge in [0.05, 0.1) is 12.0 Å². The van der Waals surface area contributed by atoms with Crippen molar-refractivity contribution in [2.24, 2.45) is 5.92 Å². The number of likely N-dealkylation sites (tertiary alicyclic amines) is 1. The molecule has 3 heterocycles. The summed E-state index contributed by atoms with van der Waals surface area (Å²) in [5, 5.41) is 14.7. The maximum atomic E-state index is 12.1. The summed E-state index contributed by atoms with van der Waals surface area (Å²) in [6.07, 6.45) is 3.46. The zero-order valence-electron chi connectivity index (χ0n) is 14.1. The molecule has 2 aliphatic rings. The van der Waals surface area contributed by atoms with Crippen LogP contribution in [0.5, 0.6) is 0 Å². The number of carbonyl (C=O) groups excluding carboxylic acids is 1. The van der Waals surface area contributed by atoms with Gasteiger partial charge in [-0.1, -0.05) is 6.07 Å². The molecular formula is C17H22N3O3S2-. The molecular weight excluding hydrogens is 358 g/mol. The van der Waals surface area contributed by atoms with Gasteiger partial charge in [-0.05, 0) is 49.1 Å². The molecule has 1 N–H and O–H groups in total. The van der Waals surface area contributed by atoms with E-state index >= 15 is 0 Å². The number of aromatic nitrogens is 1. The lowest BCUT2D eigenvalue weighted by molar-refractivity contribution is -0.308. The van der Waals surface area contributed by atoms with Gasteiger partial charge < -0.3 is 24.7 Å². The number of hydrogen-bond acceptors (Lipinski definition) is 5. The van der Waals surface area contributed by atoms with E-state index in [2.05, 4.69) is 5.32 Å². The van der Waals surface area contributed by atoms with Crippen molar-refractivity contribution in [3.63, 3.8) is 0 Å². The molecule has 2 aliphatic heterocycles. The predicted molar refractivity (Wildman–Crippen MR) is 101 cm³/mol. The van der Waals surface area contributed by atoms with Crippen LogP contribution in [0.4, 0.5) is 0 Å². The average Bonchev–Trinajstić information content (AvgIpc) is 2.59. The molecule has 6 nitrogen and oxygen atoms in total. The van der Waals surface area contributed by atoms with Crippen molar-refractivity contribution >= 4 is 35.1 Å². The Kier molecular flexibility index (Phi) is 5.68. The third kappa shape index (κ3) is 4.00. The van der Waals surface area contributed by atoms with E-state index in [0.29, 0.717) is 30.5 Å². The molecule has 0 radical (unpaired) electrons. The minimum Gasteiger partial charge on any atom is -0.548 e. The topological polar surface area (TPSA) is 77.4 Å². The van der Waals surface area contributed by atoms with Gasteiger partial charge in [0.15, 0.2) is 5.11 Å². The normalized spacial score (nSPS) is 22.8. The van der Waals surface area contributed by atoms with Crippen molar-refractivity contribution < 1.29 is 9.90 Å². The second kappa shape index (κ2) is 7.78. The van der Waals surface area contributed by atoms with E-state index in [1.807, 2.05) is 21.8 Å². The number of pyridine rings is 1. The van der Waals surface area contributed by atoms with Crippen molar-refractivity contribution in [1.82, 2.24) is 14.8 Å². The Hall–Kier alpha value is -1.54. The fraction of sp³-hybridized carbons (Fsp3) is 0.588. The summed E-state index contributed by atoms with van der Waals surface area (Å²) in [5.74, 6) is 0.202. The van der Waals surface area contributed by atoms with Crippen LogP contribution < -0.4 is 16.0 Å². The van der Waals surface area contributed by atoms with E-state index in [1.54, 1.807) is 23.9 Å². The first-order valence-corrected chi connectivity index (χ1v) is 10.2. The van der Waals surface area contributed by atoms with E-state index in [4.69, 9.17) is 12.2 Å². The second-order valence-corrected chi connectivity index (χ2v) is 8.08. The molecule has 0 saturated carbocycles. The molecule has 1 fully saturated rings. The van der Waals surface area contributed by atoms with Crippen LogP contribution >= 0.6 is 24.0 Å². The number of carbonyl (C=O) groups is 1. The largest absolute Gasteiger partial charge is 0.548 e. The molecule has 25 heavy (non-hydrogen) atoms. The lowest BCUT2D eigenvalue weighted by Gasteiger charge is -2.44. The van der Waals surface area contributed by atoms with Gasteiger partial charge in [0.1, 0.15) is 0 Å². The number of hydrogen-bond donors (Lipinski definition) is 1. The van der Waals surface area contributed by atoms with Gasteiger partial charge >= 0.3 is 0 Å². The minimum atomic E-state index is -1.12. The van der Waals surface area contributed by atoms with E-state index in [1.165, 1.54) is 0 Å². The summed E-state index contributed by atoms with van der Waals surface area (Å²) >= 11 is 7.07. The lowest BCUT2D eigenvalue weighted by Crippen LogP contribution is -2.56. The smallest absolute Gasteiger partial charge is 0.250 e. The molecule has 136 valence electrons. The van der Waals surface area contributed by atoms with Crippen molar-refractivity contribution in [1.29, 1.82) is 0 Å². The van der Waals surface area contributed by atoms with E-state index < -0.39 is 12.0 Å². The molecule has 1 aromatic heterocycles. The van der Waals surface area contributed by atoms with Crippen molar-refractivity contribution in [2.45, 2.75) is 31.3 Å². The second-order valence-electron chi connectivity index (χ2n) is 6.71. The molecule has 3 rings (SSSR count). The molecule has 1 aromatic rings. The third-order valence-corrected chi connectivity index (χ3v) is 5.98. The van der Waals surface area contributed by atoms with E-state index in [0.717, 1.165) is 24.4 Å². The molecule has 3 atom stereocenters. The molecule has 2 bridgehead atoms. The maximum absolute atomic E-state index is 12.1. The number of nitrogens with one attached hydrogen (secondary N) is 1. The van der Waals surface area contributed by atoms with Crippen molar-refractivity contribution in [2.75, 3.05) is 25.1 Å². The molecule has 8 heteroatoms. The number of fused-ring (bicyclic) bond motifs is 4. The Morgan fingerprint density at radius 1 is 1.44 bits per heavy atom. The van der Waals surface area contributed by atoms with Crippen LogP contribution in [-0.2, 0) is 11.3 Å². The first kappa shape index (κ1) is 18.3. The first-order chi connectivity index (χ1) is 12.0. The third-order valence-electron chi connectivity index (χ3n) is 4.96. The molecule has 0 aliphatic carbocycles. The summed E-state index contributed by atoms with van der Waals surface area (Å²) in [7, 11) is 0. The quantitative estimate of drug-likeness (QED) is 0.721. The van der Waals surface area contributed by atoms with Gasteiger partial charge in [0.2, 0.25) is 0 Å². The average molecular weight is 381 g/mol.